The molecule has 5 nitrogen and oxygen atoms in total. The van der Waals surface area contributed by atoms with Gasteiger partial charge < -0.3 is 0 Å². The minimum absolute atomic E-state index is 0.0440. The van der Waals surface area contributed by atoms with Gasteiger partial charge in [-0.3, -0.25) is 10.1 Å². The van der Waals surface area contributed by atoms with Gasteiger partial charge in [-0.1, -0.05) is 17.7 Å². The van der Waals surface area contributed by atoms with Crippen LogP contribution >= 0.6 is 11.6 Å². The van der Waals surface area contributed by atoms with Crippen molar-refractivity contribution in [3.05, 3.63) is 32.8 Å². The molecule has 6 heteroatoms. The van der Waals surface area contributed by atoms with Crippen LogP contribution in [0.5, 0.6) is 0 Å². The smallest absolute Gasteiger partial charge is 0.258 e. The Morgan fingerprint density at radius 1 is 1.57 bits per heavy atom. The van der Waals surface area contributed by atoms with Gasteiger partial charge in [-0.15, -0.1) is 0 Å². The van der Waals surface area contributed by atoms with Crippen molar-refractivity contribution in [3.8, 4) is 0 Å². The number of nitro groups is 1. The lowest BCUT2D eigenvalue weighted by Crippen LogP contribution is -1.91. The lowest BCUT2D eigenvalue weighted by atomic mass is 10.2. The highest BCUT2D eigenvalue weighted by Crippen LogP contribution is 2.36. The summed E-state index contributed by atoms with van der Waals surface area (Å²) in [6.45, 7) is 1.60. The van der Waals surface area contributed by atoms with E-state index in [1.54, 1.807) is 13.0 Å². The number of hydrogen-bond acceptors (Lipinski definition) is 4. The van der Waals surface area contributed by atoms with E-state index in [2.05, 4.69) is 4.99 Å². The Morgan fingerprint density at radius 3 is 2.71 bits per heavy atom. The molecule has 0 amide bonds. The highest BCUT2D eigenvalue weighted by atomic mass is 35.5. The molecule has 0 N–H and O–H groups in total. The predicted octanol–water partition coefficient (Wildman–Crippen LogP) is 2.52. The van der Waals surface area contributed by atoms with Crippen LogP contribution in [-0.2, 0) is 4.79 Å². The highest BCUT2D eigenvalue weighted by molar-refractivity contribution is 6.33. The summed E-state index contributed by atoms with van der Waals surface area (Å²) in [6.07, 6.45) is 1.26. The van der Waals surface area contributed by atoms with E-state index in [-0.39, 0.29) is 16.4 Å². The number of hydrogen-bond donors (Lipinski definition) is 0. The summed E-state index contributed by atoms with van der Waals surface area (Å²) in [5.74, 6) is 0. The minimum Gasteiger partial charge on any atom is -0.258 e. The number of rotatable bonds is 2. The number of nitro benzene ring substituents is 1. The summed E-state index contributed by atoms with van der Waals surface area (Å²) in [5, 5.41) is 10.6. The molecule has 0 bridgehead atoms. The number of nitrogens with zero attached hydrogens (tertiary/aromatic N) is 2. The molecule has 1 rings (SSSR count). The van der Waals surface area contributed by atoms with Gasteiger partial charge in [0.1, 0.15) is 5.02 Å². The van der Waals surface area contributed by atoms with Gasteiger partial charge in [0.15, 0.2) is 5.69 Å². The first kappa shape index (κ1) is 10.4. The molecule has 0 radical (unpaired) electrons. The molecular formula is C8H5ClN2O3. The molecule has 1 aromatic rings. The summed E-state index contributed by atoms with van der Waals surface area (Å²) >= 11 is 5.60. The average molecular weight is 213 g/mol. The monoisotopic (exact) mass is 212 g/mol. The van der Waals surface area contributed by atoms with E-state index in [1.807, 2.05) is 0 Å². The van der Waals surface area contributed by atoms with Crippen molar-refractivity contribution in [1.82, 2.24) is 0 Å². The third-order valence-corrected chi connectivity index (χ3v) is 1.95. The van der Waals surface area contributed by atoms with E-state index in [1.165, 1.54) is 12.1 Å². The second kappa shape index (κ2) is 4.00. The van der Waals surface area contributed by atoms with Crippen LogP contribution in [0.25, 0.3) is 0 Å². The molecule has 0 aliphatic carbocycles. The van der Waals surface area contributed by atoms with Crippen molar-refractivity contribution in [2.75, 3.05) is 0 Å². The largest absolute Gasteiger partial charge is 0.314 e. The van der Waals surface area contributed by atoms with E-state index in [4.69, 9.17) is 11.6 Å². The van der Waals surface area contributed by atoms with Gasteiger partial charge in [-0.2, -0.15) is 4.99 Å². The first-order valence-corrected chi connectivity index (χ1v) is 3.97. The van der Waals surface area contributed by atoms with Crippen molar-refractivity contribution < 1.29 is 9.72 Å². The predicted molar refractivity (Wildman–Crippen MR) is 50.6 cm³/mol. The van der Waals surface area contributed by atoms with Crippen LogP contribution in [0.4, 0.5) is 11.4 Å². The topological polar surface area (TPSA) is 72.6 Å². The summed E-state index contributed by atoms with van der Waals surface area (Å²) in [6, 6.07) is 2.93. The zero-order valence-corrected chi connectivity index (χ0v) is 7.91. The van der Waals surface area contributed by atoms with Crippen molar-refractivity contribution >= 4 is 29.1 Å². The zero-order valence-electron chi connectivity index (χ0n) is 7.15. The van der Waals surface area contributed by atoms with E-state index in [9.17, 15) is 14.9 Å². The molecule has 0 saturated carbocycles. The van der Waals surface area contributed by atoms with E-state index >= 15 is 0 Å². The van der Waals surface area contributed by atoms with E-state index < -0.39 is 4.92 Å². The molecule has 1 aromatic carbocycles. The lowest BCUT2D eigenvalue weighted by Gasteiger charge is -2.00. The molecule has 14 heavy (non-hydrogen) atoms. The van der Waals surface area contributed by atoms with Crippen molar-refractivity contribution in [1.29, 1.82) is 0 Å². The Bertz CT molecular complexity index is 411. The first-order chi connectivity index (χ1) is 6.57. The summed E-state index contributed by atoms with van der Waals surface area (Å²) in [4.78, 5) is 23.2. The molecule has 0 saturated heterocycles. The van der Waals surface area contributed by atoms with E-state index in [0.717, 1.165) is 0 Å². The Hall–Kier alpha value is -1.71. The number of halogens is 1. The maximum atomic E-state index is 10.6. The van der Waals surface area contributed by atoms with Gasteiger partial charge in [0.05, 0.1) is 4.92 Å². The van der Waals surface area contributed by atoms with Gasteiger partial charge in [0.2, 0.25) is 6.08 Å². The third kappa shape index (κ3) is 1.79. The SMILES string of the molecule is Cc1ccc(Cl)c([N+](=O)[O-])c1N=C=O. The van der Waals surface area contributed by atoms with Gasteiger partial charge in [0.25, 0.3) is 0 Å². The van der Waals surface area contributed by atoms with Crippen LogP contribution in [0.3, 0.4) is 0 Å². The number of benzene rings is 1. The Morgan fingerprint density at radius 2 is 2.21 bits per heavy atom. The first-order valence-electron chi connectivity index (χ1n) is 3.59. The normalized spacial score (nSPS) is 9.29. The van der Waals surface area contributed by atoms with Crippen molar-refractivity contribution in [2.45, 2.75) is 6.92 Å². The van der Waals surface area contributed by atoms with Gasteiger partial charge in [0, 0.05) is 0 Å². The molecule has 72 valence electrons. The third-order valence-electron chi connectivity index (χ3n) is 1.64. The van der Waals surface area contributed by atoms with Crippen LogP contribution in [0.15, 0.2) is 17.1 Å². The Kier molecular flexibility index (Phi) is 2.96. The molecule has 0 fully saturated rings. The molecule has 0 aliphatic heterocycles. The lowest BCUT2D eigenvalue weighted by molar-refractivity contribution is -0.383. The minimum atomic E-state index is -0.675. The molecule has 0 spiro atoms. The molecule has 0 aliphatic rings. The second-order valence-electron chi connectivity index (χ2n) is 2.52. The molecule has 0 aromatic heterocycles. The Labute approximate surface area is 84.2 Å². The maximum Gasteiger partial charge on any atom is 0.314 e. The van der Waals surface area contributed by atoms with E-state index in [0.29, 0.717) is 5.56 Å². The van der Waals surface area contributed by atoms with Crippen LogP contribution in [0.2, 0.25) is 5.02 Å². The van der Waals surface area contributed by atoms with Crippen LogP contribution < -0.4 is 0 Å². The Balaban J connectivity index is 3.57. The van der Waals surface area contributed by atoms with Gasteiger partial charge in [-0.25, -0.2) is 4.79 Å². The quantitative estimate of drug-likeness (QED) is 0.327. The number of aryl methyl sites for hydroxylation is 1. The van der Waals surface area contributed by atoms with Crippen molar-refractivity contribution in [2.24, 2.45) is 4.99 Å². The highest BCUT2D eigenvalue weighted by Gasteiger charge is 2.20. The maximum absolute atomic E-state index is 10.6. The number of aliphatic imine (C=N–C) groups is 1. The molecular weight excluding hydrogens is 208 g/mol. The van der Waals surface area contributed by atoms with Crippen LogP contribution in [0.1, 0.15) is 5.56 Å². The fraction of sp³-hybridized carbons (Fsp3) is 0.125. The average Bonchev–Trinajstić information content (AvgIpc) is 2.11. The second-order valence-corrected chi connectivity index (χ2v) is 2.93. The zero-order chi connectivity index (χ0) is 10.7. The fourth-order valence-corrected chi connectivity index (χ4v) is 1.24. The fourth-order valence-electron chi connectivity index (χ4n) is 1.02. The summed E-state index contributed by atoms with van der Waals surface area (Å²) in [5.41, 5.74) is 0.0944. The molecule has 0 atom stereocenters. The molecule has 0 heterocycles. The van der Waals surface area contributed by atoms with Gasteiger partial charge in [-0.05, 0) is 18.6 Å². The van der Waals surface area contributed by atoms with Gasteiger partial charge >= 0.3 is 5.69 Å². The summed E-state index contributed by atoms with van der Waals surface area (Å²) < 4.78 is 0. The summed E-state index contributed by atoms with van der Waals surface area (Å²) in [7, 11) is 0. The van der Waals surface area contributed by atoms with Crippen molar-refractivity contribution in [3.63, 3.8) is 0 Å². The standard InChI is InChI=1S/C8H5ClN2O3/c1-5-2-3-6(9)8(11(13)14)7(5)10-4-12/h2-3H,1H3. The number of carbonyl (C=O) groups excluding carboxylic acids is 1. The van der Waals surface area contributed by atoms with Crippen LogP contribution in [0, 0.1) is 17.0 Å². The molecule has 0 unspecified atom stereocenters. The van der Waals surface area contributed by atoms with Crippen LogP contribution in [-0.4, -0.2) is 11.0 Å². The number of isocyanates is 1.